The molecule has 2 rings (SSSR count). The van der Waals surface area contributed by atoms with E-state index in [9.17, 15) is 9.50 Å². The van der Waals surface area contributed by atoms with E-state index in [0.29, 0.717) is 5.56 Å². The smallest absolute Gasteiger partial charge is 0.129 e. The summed E-state index contributed by atoms with van der Waals surface area (Å²) in [5.74, 6) is -0.288. The molecular weight excluding hydrogens is 261 g/mol. The fraction of sp³-hybridized carbons (Fsp3) is 0.455. The Labute approximate surface area is 96.4 Å². The highest BCUT2D eigenvalue weighted by Gasteiger charge is 2.45. The lowest BCUT2D eigenvalue weighted by molar-refractivity contribution is 0.0187. The van der Waals surface area contributed by atoms with E-state index in [4.69, 9.17) is 5.73 Å². The first-order valence-corrected chi connectivity index (χ1v) is 5.75. The molecule has 1 unspecified atom stereocenters. The van der Waals surface area contributed by atoms with Crippen molar-refractivity contribution in [1.82, 2.24) is 0 Å². The summed E-state index contributed by atoms with van der Waals surface area (Å²) in [6, 6.07) is 4.58. The van der Waals surface area contributed by atoms with Crippen molar-refractivity contribution in [3.63, 3.8) is 0 Å². The quantitative estimate of drug-likeness (QED) is 0.887. The van der Waals surface area contributed by atoms with Gasteiger partial charge in [-0.2, -0.15) is 0 Å². The lowest BCUT2D eigenvalue weighted by atomic mass is 9.88. The van der Waals surface area contributed by atoms with Crippen LogP contribution in [0.3, 0.4) is 0 Å². The number of hydrogen-bond donors (Lipinski definition) is 2. The Bertz CT molecular complexity index is 381. The minimum Gasteiger partial charge on any atom is -0.383 e. The largest absolute Gasteiger partial charge is 0.383 e. The Morgan fingerprint density at radius 2 is 2.20 bits per heavy atom. The maximum absolute atomic E-state index is 13.6. The van der Waals surface area contributed by atoms with Gasteiger partial charge in [-0.15, -0.1) is 0 Å². The second-order valence-electron chi connectivity index (χ2n) is 4.03. The molecule has 82 valence electrons. The van der Waals surface area contributed by atoms with Gasteiger partial charge in [0.25, 0.3) is 0 Å². The van der Waals surface area contributed by atoms with Gasteiger partial charge in [0.15, 0.2) is 0 Å². The van der Waals surface area contributed by atoms with Gasteiger partial charge in [-0.1, -0.05) is 15.9 Å². The van der Waals surface area contributed by atoms with E-state index in [1.165, 1.54) is 6.07 Å². The van der Waals surface area contributed by atoms with Gasteiger partial charge in [-0.25, -0.2) is 4.39 Å². The molecule has 0 bridgehead atoms. The topological polar surface area (TPSA) is 46.2 Å². The number of halogens is 2. The molecule has 3 N–H and O–H groups in total. The molecule has 1 aliphatic carbocycles. The summed E-state index contributed by atoms with van der Waals surface area (Å²) in [6.07, 6.45) is 1.83. The third-order valence-electron chi connectivity index (χ3n) is 2.96. The zero-order chi connectivity index (χ0) is 11.1. The molecule has 2 nitrogen and oxygen atoms in total. The molecule has 0 amide bonds. The summed E-state index contributed by atoms with van der Waals surface area (Å²) in [5, 5.41) is 10.4. The molecule has 1 fully saturated rings. The van der Waals surface area contributed by atoms with Gasteiger partial charge in [0.1, 0.15) is 11.4 Å². The van der Waals surface area contributed by atoms with Gasteiger partial charge in [0.2, 0.25) is 0 Å². The number of hydrogen-bond acceptors (Lipinski definition) is 2. The standard InChI is InChI=1S/C11H13BrFNO/c12-8-3-4-10(13)9(5-8)11(15,6-14)7-1-2-7/h3-5,7,15H,1-2,6,14H2. The second kappa shape index (κ2) is 3.85. The van der Waals surface area contributed by atoms with Crippen LogP contribution in [-0.4, -0.2) is 11.7 Å². The van der Waals surface area contributed by atoms with Crippen molar-refractivity contribution < 1.29 is 9.50 Å². The first kappa shape index (κ1) is 11.0. The van der Waals surface area contributed by atoms with Crippen molar-refractivity contribution >= 4 is 15.9 Å². The van der Waals surface area contributed by atoms with Crippen molar-refractivity contribution in [2.45, 2.75) is 18.4 Å². The van der Waals surface area contributed by atoms with Crippen LogP contribution in [-0.2, 0) is 5.60 Å². The van der Waals surface area contributed by atoms with E-state index < -0.39 is 11.4 Å². The molecule has 4 heteroatoms. The van der Waals surface area contributed by atoms with Crippen molar-refractivity contribution in [2.24, 2.45) is 11.7 Å². The molecule has 1 atom stereocenters. The fourth-order valence-corrected chi connectivity index (χ4v) is 2.25. The zero-order valence-electron chi connectivity index (χ0n) is 8.21. The Hall–Kier alpha value is -0.450. The summed E-state index contributed by atoms with van der Waals surface area (Å²) >= 11 is 3.27. The van der Waals surface area contributed by atoms with E-state index in [-0.39, 0.29) is 12.5 Å². The van der Waals surface area contributed by atoms with Gasteiger partial charge in [0.05, 0.1) is 0 Å². The van der Waals surface area contributed by atoms with Crippen molar-refractivity contribution in [3.8, 4) is 0 Å². The van der Waals surface area contributed by atoms with Gasteiger partial charge in [-0.05, 0) is 37.0 Å². The summed E-state index contributed by atoms with van der Waals surface area (Å²) < 4.78 is 14.4. The van der Waals surface area contributed by atoms with Crippen molar-refractivity contribution in [1.29, 1.82) is 0 Å². The van der Waals surface area contributed by atoms with Crippen LogP contribution >= 0.6 is 15.9 Å². The summed E-state index contributed by atoms with van der Waals surface area (Å²) in [7, 11) is 0. The minimum absolute atomic E-state index is 0.0606. The number of rotatable bonds is 3. The van der Waals surface area contributed by atoms with Crippen LogP contribution in [0.25, 0.3) is 0 Å². The van der Waals surface area contributed by atoms with E-state index in [1.54, 1.807) is 12.1 Å². The highest BCUT2D eigenvalue weighted by atomic mass is 79.9. The monoisotopic (exact) mass is 273 g/mol. The molecule has 1 aromatic carbocycles. The molecule has 0 saturated heterocycles. The Kier molecular flexibility index (Phi) is 2.83. The van der Waals surface area contributed by atoms with Crippen molar-refractivity contribution in [2.75, 3.05) is 6.54 Å². The Morgan fingerprint density at radius 3 is 2.73 bits per heavy atom. The Morgan fingerprint density at radius 1 is 1.53 bits per heavy atom. The van der Waals surface area contributed by atoms with Crippen LogP contribution in [0.5, 0.6) is 0 Å². The molecule has 15 heavy (non-hydrogen) atoms. The molecule has 0 radical (unpaired) electrons. The predicted molar refractivity (Wildman–Crippen MR) is 59.8 cm³/mol. The average molecular weight is 274 g/mol. The van der Waals surface area contributed by atoms with Crippen LogP contribution in [0.15, 0.2) is 22.7 Å². The first-order chi connectivity index (χ1) is 7.08. The van der Waals surface area contributed by atoms with E-state index in [1.807, 2.05) is 0 Å². The second-order valence-corrected chi connectivity index (χ2v) is 4.94. The average Bonchev–Trinajstić information content (AvgIpc) is 3.04. The highest BCUT2D eigenvalue weighted by Crippen LogP contribution is 2.46. The van der Waals surface area contributed by atoms with Crippen LogP contribution in [0.4, 0.5) is 4.39 Å². The maximum Gasteiger partial charge on any atom is 0.129 e. The molecule has 0 aromatic heterocycles. The molecule has 1 aromatic rings. The van der Waals surface area contributed by atoms with Gasteiger partial charge in [-0.3, -0.25) is 0 Å². The van der Waals surface area contributed by atoms with Gasteiger partial charge in [0, 0.05) is 16.6 Å². The summed E-state index contributed by atoms with van der Waals surface area (Å²) in [5.41, 5.74) is 4.67. The van der Waals surface area contributed by atoms with Crippen LogP contribution in [0.2, 0.25) is 0 Å². The maximum atomic E-state index is 13.6. The van der Waals surface area contributed by atoms with Crippen LogP contribution in [0.1, 0.15) is 18.4 Å². The number of benzene rings is 1. The van der Waals surface area contributed by atoms with Crippen molar-refractivity contribution in [3.05, 3.63) is 34.1 Å². The lowest BCUT2D eigenvalue weighted by Gasteiger charge is -2.27. The van der Waals surface area contributed by atoms with E-state index in [2.05, 4.69) is 15.9 Å². The zero-order valence-corrected chi connectivity index (χ0v) is 9.80. The molecule has 1 saturated carbocycles. The summed E-state index contributed by atoms with van der Waals surface area (Å²) in [6.45, 7) is 0.0606. The molecule has 1 aliphatic rings. The normalized spacial score (nSPS) is 20.0. The molecule has 0 aliphatic heterocycles. The molecular formula is C11H13BrFNO. The molecule has 0 heterocycles. The number of nitrogens with two attached hydrogens (primary N) is 1. The highest BCUT2D eigenvalue weighted by molar-refractivity contribution is 9.10. The first-order valence-electron chi connectivity index (χ1n) is 4.96. The van der Waals surface area contributed by atoms with E-state index in [0.717, 1.165) is 17.3 Å². The Balaban J connectivity index is 2.45. The van der Waals surface area contributed by atoms with Crippen LogP contribution < -0.4 is 5.73 Å². The SMILES string of the molecule is NCC(O)(c1cc(Br)ccc1F)C1CC1. The van der Waals surface area contributed by atoms with Gasteiger partial charge >= 0.3 is 0 Å². The fourth-order valence-electron chi connectivity index (χ4n) is 1.89. The predicted octanol–water partition coefficient (Wildman–Crippen LogP) is 2.14. The minimum atomic E-state index is -1.20. The number of aliphatic hydroxyl groups is 1. The molecule has 0 spiro atoms. The summed E-state index contributed by atoms with van der Waals surface area (Å²) in [4.78, 5) is 0. The third-order valence-corrected chi connectivity index (χ3v) is 3.45. The van der Waals surface area contributed by atoms with E-state index >= 15 is 0 Å². The van der Waals surface area contributed by atoms with Gasteiger partial charge < -0.3 is 10.8 Å². The third kappa shape index (κ3) is 1.94. The van der Waals surface area contributed by atoms with Crippen LogP contribution in [0, 0.1) is 11.7 Å². The lowest BCUT2D eigenvalue weighted by Crippen LogP contribution is -2.38.